The summed E-state index contributed by atoms with van der Waals surface area (Å²) >= 11 is 1.31. The Kier molecular flexibility index (Phi) is 13.2. The number of alkyl halides is 3. The number of aliphatic hydroxyl groups is 1. The van der Waals surface area contributed by atoms with Crippen LogP contribution in [0.3, 0.4) is 0 Å². The van der Waals surface area contributed by atoms with Gasteiger partial charge in [-0.15, -0.1) is 15.3 Å². The first-order valence-electron chi connectivity index (χ1n) is 15.2. The largest absolute Gasteiger partial charge is 0.414 e. The van der Waals surface area contributed by atoms with E-state index in [1.807, 2.05) is 30.3 Å². The van der Waals surface area contributed by atoms with Crippen molar-refractivity contribution in [3.63, 3.8) is 0 Å². The number of amides is 2. The number of hydrogen-bond acceptors (Lipinski definition) is 10. The Balaban J connectivity index is 1.15. The van der Waals surface area contributed by atoms with Gasteiger partial charge in [0, 0.05) is 26.4 Å². The second-order valence-electron chi connectivity index (χ2n) is 11.0. The number of ketones is 1. The first-order chi connectivity index (χ1) is 23.0. The number of carbonyl (C=O) groups is 3. The van der Waals surface area contributed by atoms with Crippen LogP contribution in [0.1, 0.15) is 59.2 Å². The molecule has 0 aliphatic carbocycles. The molecule has 2 amide bonds. The molecule has 15 heteroatoms. The van der Waals surface area contributed by atoms with Gasteiger partial charge in [0.1, 0.15) is 10.8 Å². The summed E-state index contributed by atoms with van der Waals surface area (Å²) in [7, 11) is 1.47. The van der Waals surface area contributed by atoms with Gasteiger partial charge in [-0.1, -0.05) is 65.9 Å². The number of rotatable bonds is 17. The zero-order chi connectivity index (χ0) is 34.5. The highest BCUT2D eigenvalue weighted by molar-refractivity contribution is 7.15. The van der Waals surface area contributed by atoms with Crippen LogP contribution in [0, 0.1) is 0 Å². The van der Waals surface area contributed by atoms with Crippen LogP contribution in [0.5, 0.6) is 0 Å². The van der Waals surface area contributed by atoms with E-state index < -0.39 is 30.6 Å². The smallest absolute Gasteiger partial charge is 0.383 e. The molecule has 4 aromatic rings. The lowest BCUT2D eigenvalue weighted by molar-refractivity contribution is -0.205. The van der Waals surface area contributed by atoms with Crippen LogP contribution in [0.2, 0.25) is 0 Å². The molecule has 2 aromatic carbocycles. The molecule has 254 valence electrons. The summed E-state index contributed by atoms with van der Waals surface area (Å²) < 4.78 is 42.7. The molecule has 0 fully saturated rings. The molecule has 0 saturated heterocycles. The Bertz CT molecular complexity index is 1650. The van der Waals surface area contributed by atoms with Crippen LogP contribution in [-0.2, 0) is 44.8 Å². The van der Waals surface area contributed by atoms with E-state index in [2.05, 4.69) is 31.0 Å². The molecule has 2 unspecified atom stereocenters. The average molecular weight is 685 g/mol. The van der Waals surface area contributed by atoms with Crippen LogP contribution in [0.4, 0.5) is 24.1 Å². The van der Waals surface area contributed by atoms with Crippen molar-refractivity contribution in [2.45, 2.75) is 69.8 Å². The molecule has 11 nitrogen and oxygen atoms in total. The molecule has 0 radical (unpaired) electrons. The predicted molar refractivity (Wildman–Crippen MR) is 172 cm³/mol. The molecule has 4 rings (SSSR count). The summed E-state index contributed by atoms with van der Waals surface area (Å²) in [4.78, 5) is 37.1. The monoisotopic (exact) mass is 684 g/mol. The number of carbonyl (C=O) groups excluding carboxylic acids is 3. The quantitative estimate of drug-likeness (QED) is 0.127. The zero-order valence-corrected chi connectivity index (χ0v) is 26.9. The van der Waals surface area contributed by atoms with Gasteiger partial charge in [-0.3, -0.25) is 19.7 Å². The van der Waals surface area contributed by atoms with Crippen molar-refractivity contribution < 1.29 is 37.4 Å². The molecule has 0 aliphatic heterocycles. The van der Waals surface area contributed by atoms with Crippen LogP contribution < -0.4 is 10.6 Å². The molecule has 2 atom stereocenters. The Hall–Kier alpha value is -4.60. The lowest BCUT2D eigenvalue weighted by atomic mass is 10.0. The maximum absolute atomic E-state index is 12.7. The number of aliphatic hydroxyl groups excluding tert-OH is 1. The Morgan fingerprint density at radius 2 is 1.62 bits per heavy atom. The lowest BCUT2D eigenvalue weighted by Crippen LogP contribution is -2.30. The highest BCUT2D eigenvalue weighted by atomic mass is 32.1. The Morgan fingerprint density at radius 1 is 0.875 bits per heavy atom. The average Bonchev–Trinajstić information content (AvgIpc) is 3.50. The molecule has 2 aromatic heterocycles. The molecular weight excluding hydrogens is 649 g/mol. The fourth-order valence-corrected chi connectivity index (χ4v) is 5.51. The van der Waals surface area contributed by atoms with Gasteiger partial charge in [0.2, 0.25) is 11.0 Å². The number of halogens is 3. The molecule has 0 spiro atoms. The van der Waals surface area contributed by atoms with Crippen molar-refractivity contribution in [2.75, 3.05) is 17.7 Å². The normalized spacial score (nSPS) is 12.7. The summed E-state index contributed by atoms with van der Waals surface area (Å²) in [5, 5.41) is 32.2. The van der Waals surface area contributed by atoms with Gasteiger partial charge in [0.05, 0.1) is 12.1 Å². The van der Waals surface area contributed by atoms with Crippen LogP contribution in [-0.4, -0.2) is 62.5 Å². The van der Waals surface area contributed by atoms with E-state index >= 15 is 0 Å². The summed E-state index contributed by atoms with van der Waals surface area (Å²) in [5.74, 6) is -1.06. The third kappa shape index (κ3) is 11.6. The third-order valence-electron chi connectivity index (χ3n) is 7.18. The van der Waals surface area contributed by atoms with Crippen LogP contribution in [0.15, 0.2) is 66.7 Å². The maximum Gasteiger partial charge on any atom is 0.414 e. The number of ether oxygens (including phenoxy) is 1. The number of anilines is 2. The minimum absolute atomic E-state index is 0.0228. The van der Waals surface area contributed by atoms with Crippen molar-refractivity contribution in [1.82, 2.24) is 20.4 Å². The van der Waals surface area contributed by atoms with E-state index in [0.717, 1.165) is 29.1 Å². The van der Waals surface area contributed by atoms with Gasteiger partial charge in [-0.05, 0) is 54.5 Å². The van der Waals surface area contributed by atoms with E-state index in [9.17, 15) is 27.6 Å². The van der Waals surface area contributed by atoms with E-state index in [4.69, 9.17) is 9.84 Å². The lowest BCUT2D eigenvalue weighted by Gasteiger charge is -2.14. The fourth-order valence-electron chi connectivity index (χ4n) is 4.73. The fraction of sp³-hybridized carbons (Fsp3) is 0.364. The summed E-state index contributed by atoms with van der Waals surface area (Å²) in [6.07, 6.45) is -6.20. The Labute approximate surface area is 279 Å². The van der Waals surface area contributed by atoms with E-state index in [1.165, 1.54) is 18.4 Å². The highest BCUT2D eigenvalue weighted by Crippen LogP contribution is 2.24. The van der Waals surface area contributed by atoms with Gasteiger partial charge in [-0.25, -0.2) is 0 Å². The van der Waals surface area contributed by atoms with Gasteiger partial charge >= 0.3 is 6.18 Å². The number of aromatic nitrogens is 4. The number of nitrogens with one attached hydrogen (secondary N) is 2. The van der Waals surface area contributed by atoms with Crippen LogP contribution in [0.25, 0.3) is 0 Å². The van der Waals surface area contributed by atoms with Crippen molar-refractivity contribution in [3.05, 3.63) is 94.1 Å². The zero-order valence-electron chi connectivity index (χ0n) is 26.1. The molecule has 2 heterocycles. The number of methoxy groups -OCH3 is 1. The van der Waals surface area contributed by atoms with Crippen molar-refractivity contribution in [1.29, 1.82) is 0 Å². The van der Waals surface area contributed by atoms with Gasteiger partial charge < -0.3 is 15.2 Å². The molecule has 0 aliphatic rings. The Morgan fingerprint density at radius 3 is 2.33 bits per heavy atom. The van der Waals surface area contributed by atoms with Crippen molar-refractivity contribution in [3.8, 4) is 0 Å². The standard InChI is InChI=1S/C33H35F3N6O5S/c1-47-30(23-10-3-2-4-11-23)31(46)38-32-42-41-29(48-32)13-6-5-12-24-15-17-27(40-39-24)37-28(45)19-22-9-7-8-21(18-22)14-16-25(43)20-26(44)33(34,35)36/h2-4,7-11,15,17-18,26,30,44H,5-6,12-14,16,19-20H2,1H3,(H,37,40,45)(H,38,42,46). The van der Waals surface area contributed by atoms with Crippen LogP contribution >= 0.6 is 11.3 Å². The maximum atomic E-state index is 12.7. The minimum atomic E-state index is -4.83. The topological polar surface area (TPSA) is 156 Å². The molecular formula is C33H35F3N6O5S. The summed E-state index contributed by atoms with van der Waals surface area (Å²) in [5.41, 5.74) is 2.85. The summed E-state index contributed by atoms with van der Waals surface area (Å²) in [6.45, 7) is 0. The van der Waals surface area contributed by atoms with E-state index in [0.29, 0.717) is 34.9 Å². The van der Waals surface area contributed by atoms with E-state index in [-0.39, 0.29) is 31.1 Å². The van der Waals surface area contributed by atoms with Gasteiger partial charge in [0.25, 0.3) is 5.91 Å². The third-order valence-corrected chi connectivity index (χ3v) is 8.08. The number of aryl methyl sites for hydroxylation is 3. The number of benzene rings is 2. The predicted octanol–water partition coefficient (Wildman–Crippen LogP) is 5.22. The molecule has 0 bridgehead atoms. The first kappa shape index (κ1) is 36.2. The minimum Gasteiger partial charge on any atom is -0.383 e. The number of hydrogen-bond donors (Lipinski definition) is 3. The van der Waals surface area contributed by atoms with Gasteiger partial charge in [-0.2, -0.15) is 18.3 Å². The highest BCUT2D eigenvalue weighted by Gasteiger charge is 2.39. The molecule has 48 heavy (non-hydrogen) atoms. The van der Waals surface area contributed by atoms with Gasteiger partial charge in [0.15, 0.2) is 18.0 Å². The first-order valence-corrected chi connectivity index (χ1v) is 16.0. The van der Waals surface area contributed by atoms with Crippen molar-refractivity contribution in [2.24, 2.45) is 0 Å². The SMILES string of the molecule is COC(C(=O)Nc1nnc(CCCCc2ccc(NC(=O)Cc3cccc(CCC(=O)CC(O)C(F)(F)F)c3)nn2)s1)c1ccccc1. The summed E-state index contributed by atoms with van der Waals surface area (Å²) in [6, 6.07) is 19.5. The molecule has 0 saturated carbocycles. The van der Waals surface area contributed by atoms with E-state index in [1.54, 1.807) is 36.4 Å². The van der Waals surface area contributed by atoms with Crippen molar-refractivity contribution >= 4 is 39.9 Å². The number of Topliss-reactive ketones (excluding diaryl/α,β-unsaturated/α-hetero) is 1. The number of unbranched alkanes of at least 4 members (excludes halogenated alkanes) is 1. The second-order valence-corrected chi connectivity index (χ2v) is 12.0. The molecule has 3 N–H and O–H groups in total. The number of nitrogens with zero attached hydrogens (tertiary/aromatic N) is 4. The second kappa shape index (κ2) is 17.5.